The highest BCUT2D eigenvalue weighted by Gasteiger charge is 2.11. The minimum absolute atomic E-state index is 0.173. The average molecular weight is 218 g/mol. The Hall–Kier alpha value is -1.57. The van der Waals surface area contributed by atoms with Crippen LogP contribution in [-0.2, 0) is 4.74 Å². The highest BCUT2D eigenvalue weighted by atomic mass is 16.5. The predicted molar refractivity (Wildman–Crippen MR) is 65.4 cm³/mol. The zero-order chi connectivity index (χ0) is 11.8. The second-order valence-electron chi connectivity index (χ2n) is 3.69. The molecule has 86 valence electrons. The Morgan fingerprint density at radius 3 is 2.69 bits per heavy atom. The molecule has 2 nitrogen and oxygen atoms in total. The van der Waals surface area contributed by atoms with E-state index in [1.54, 1.807) is 18.2 Å². The van der Waals surface area contributed by atoms with Gasteiger partial charge in [0.05, 0.1) is 5.56 Å². The number of unbranched alkanes of at least 4 members (excludes halogenated alkanes) is 1. The Morgan fingerprint density at radius 2 is 2.12 bits per heavy atom. The van der Waals surface area contributed by atoms with E-state index in [1.807, 2.05) is 18.2 Å². The maximum atomic E-state index is 11.7. The van der Waals surface area contributed by atoms with Crippen LogP contribution in [0, 0.1) is 0 Å². The zero-order valence-electron chi connectivity index (χ0n) is 9.69. The molecule has 0 N–H and O–H groups in total. The predicted octanol–water partition coefficient (Wildman–Crippen LogP) is 3.59. The normalized spacial score (nSPS) is 11.8. The summed E-state index contributed by atoms with van der Waals surface area (Å²) in [5.41, 5.74) is 0.589. The number of esters is 1. The smallest absolute Gasteiger partial charge is 0.338 e. The highest BCUT2D eigenvalue weighted by molar-refractivity contribution is 5.89. The van der Waals surface area contributed by atoms with Gasteiger partial charge in [-0.05, 0) is 25.0 Å². The molecule has 0 saturated carbocycles. The van der Waals surface area contributed by atoms with Gasteiger partial charge >= 0.3 is 5.97 Å². The molecule has 0 bridgehead atoms. The molecule has 0 amide bonds. The second kappa shape index (κ2) is 6.83. The van der Waals surface area contributed by atoms with Crippen LogP contribution < -0.4 is 0 Å². The topological polar surface area (TPSA) is 26.3 Å². The summed E-state index contributed by atoms with van der Waals surface area (Å²) in [4.78, 5) is 11.7. The fraction of sp³-hybridized carbons (Fsp3) is 0.357. The van der Waals surface area contributed by atoms with Gasteiger partial charge in [0.15, 0.2) is 0 Å². The molecule has 0 aliphatic heterocycles. The standard InChI is InChI=1S/C14H18O2/c1-3-5-11-13(4-2)16-14(15)12-9-7-6-8-10-12/h4,6-10,13H,2-3,5,11H2,1H3/t13-/m1/s1. The molecule has 2 heteroatoms. The maximum absolute atomic E-state index is 11.7. The molecule has 0 unspecified atom stereocenters. The van der Waals surface area contributed by atoms with Crippen LogP contribution in [0.3, 0.4) is 0 Å². The maximum Gasteiger partial charge on any atom is 0.338 e. The third-order valence-corrected chi connectivity index (χ3v) is 2.37. The molecule has 0 aliphatic carbocycles. The van der Waals surface area contributed by atoms with Crippen LogP contribution in [0.5, 0.6) is 0 Å². The Labute approximate surface area is 96.9 Å². The Balaban J connectivity index is 2.52. The highest BCUT2D eigenvalue weighted by Crippen LogP contribution is 2.09. The minimum atomic E-state index is -0.276. The van der Waals surface area contributed by atoms with E-state index in [9.17, 15) is 4.79 Å². The van der Waals surface area contributed by atoms with Crippen molar-refractivity contribution in [2.75, 3.05) is 0 Å². The molecule has 1 aromatic carbocycles. The van der Waals surface area contributed by atoms with E-state index in [0.717, 1.165) is 19.3 Å². The molecule has 0 saturated heterocycles. The first-order chi connectivity index (χ1) is 7.77. The van der Waals surface area contributed by atoms with Crippen LogP contribution in [-0.4, -0.2) is 12.1 Å². The van der Waals surface area contributed by atoms with E-state index in [4.69, 9.17) is 4.74 Å². The van der Waals surface area contributed by atoms with Gasteiger partial charge in [-0.3, -0.25) is 0 Å². The molecule has 0 heterocycles. The first kappa shape index (κ1) is 12.5. The third kappa shape index (κ3) is 3.89. The first-order valence-electron chi connectivity index (χ1n) is 5.66. The first-order valence-corrected chi connectivity index (χ1v) is 5.66. The van der Waals surface area contributed by atoms with Gasteiger partial charge in [-0.2, -0.15) is 0 Å². The fourth-order valence-electron chi connectivity index (χ4n) is 1.41. The summed E-state index contributed by atoms with van der Waals surface area (Å²) in [7, 11) is 0. The molecule has 0 aromatic heterocycles. The van der Waals surface area contributed by atoms with Crippen LogP contribution in [0.4, 0.5) is 0 Å². The van der Waals surface area contributed by atoms with Crippen LogP contribution in [0.2, 0.25) is 0 Å². The molecular formula is C14H18O2. The van der Waals surface area contributed by atoms with E-state index in [2.05, 4.69) is 13.5 Å². The van der Waals surface area contributed by atoms with E-state index in [1.165, 1.54) is 0 Å². The monoisotopic (exact) mass is 218 g/mol. The molecular weight excluding hydrogens is 200 g/mol. The zero-order valence-corrected chi connectivity index (χ0v) is 9.69. The molecule has 1 atom stereocenters. The van der Waals surface area contributed by atoms with Crippen molar-refractivity contribution in [3.63, 3.8) is 0 Å². The SMILES string of the molecule is C=C[C@H](CCCC)OC(=O)c1ccccc1. The van der Waals surface area contributed by atoms with Gasteiger partial charge in [-0.1, -0.05) is 44.2 Å². The van der Waals surface area contributed by atoms with Crippen LogP contribution >= 0.6 is 0 Å². The van der Waals surface area contributed by atoms with E-state index >= 15 is 0 Å². The molecule has 16 heavy (non-hydrogen) atoms. The summed E-state index contributed by atoms with van der Waals surface area (Å²) in [6.07, 6.45) is 4.49. The van der Waals surface area contributed by atoms with Crippen LogP contribution in [0.25, 0.3) is 0 Å². The van der Waals surface area contributed by atoms with Crippen LogP contribution in [0.1, 0.15) is 36.5 Å². The van der Waals surface area contributed by atoms with Crippen molar-refractivity contribution in [1.29, 1.82) is 0 Å². The van der Waals surface area contributed by atoms with Gasteiger partial charge in [0, 0.05) is 0 Å². The molecule has 0 spiro atoms. The molecule has 1 rings (SSSR count). The number of ether oxygens (including phenoxy) is 1. The van der Waals surface area contributed by atoms with E-state index in [0.29, 0.717) is 5.56 Å². The van der Waals surface area contributed by atoms with Gasteiger partial charge in [0.1, 0.15) is 6.10 Å². The number of carbonyl (C=O) groups is 1. The average Bonchev–Trinajstić information content (AvgIpc) is 2.35. The van der Waals surface area contributed by atoms with Crippen molar-refractivity contribution in [3.8, 4) is 0 Å². The van der Waals surface area contributed by atoms with Crippen molar-refractivity contribution < 1.29 is 9.53 Å². The minimum Gasteiger partial charge on any atom is -0.455 e. The van der Waals surface area contributed by atoms with Crippen molar-refractivity contribution in [2.24, 2.45) is 0 Å². The van der Waals surface area contributed by atoms with E-state index in [-0.39, 0.29) is 12.1 Å². The lowest BCUT2D eigenvalue weighted by molar-refractivity contribution is 0.0377. The largest absolute Gasteiger partial charge is 0.455 e. The van der Waals surface area contributed by atoms with Crippen molar-refractivity contribution in [2.45, 2.75) is 32.3 Å². The summed E-state index contributed by atoms with van der Waals surface area (Å²) in [6, 6.07) is 9.03. The fourth-order valence-corrected chi connectivity index (χ4v) is 1.41. The van der Waals surface area contributed by atoms with Gasteiger partial charge in [0.25, 0.3) is 0 Å². The number of carbonyl (C=O) groups excluding carboxylic acids is 1. The summed E-state index contributed by atoms with van der Waals surface area (Å²) < 4.78 is 5.33. The summed E-state index contributed by atoms with van der Waals surface area (Å²) >= 11 is 0. The van der Waals surface area contributed by atoms with Gasteiger partial charge in [0.2, 0.25) is 0 Å². The van der Waals surface area contributed by atoms with Crippen molar-refractivity contribution in [1.82, 2.24) is 0 Å². The van der Waals surface area contributed by atoms with Gasteiger partial charge in [-0.25, -0.2) is 4.79 Å². The van der Waals surface area contributed by atoms with Gasteiger partial charge < -0.3 is 4.74 Å². The summed E-state index contributed by atoms with van der Waals surface area (Å²) in [5, 5.41) is 0. The van der Waals surface area contributed by atoms with Crippen molar-refractivity contribution in [3.05, 3.63) is 48.6 Å². The molecule has 0 aliphatic rings. The number of hydrogen-bond donors (Lipinski definition) is 0. The lowest BCUT2D eigenvalue weighted by Gasteiger charge is -2.13. The Kier molecular flexibility index (Phi) is 5.34. The molecule has 0 radical (unpaired) electrons. The Bertz CT molecular complexity index is 330. The number of hydrogen-bond acceptors (Lipinski definition) is 2. The van der Waals surface area contributed by atoms with Crippen LogP contribution in [0.15, 0.2) is 43.0 Å². The number of rotatable bonds is 6. The molecule has 1 aromatic rings. The van der Waals surface area contributed by atoms with Gasteiger partial charge in [-0.15, -0.1) is 0 Å². The van der Waals surface area contributed by atoms with Crippen molar-refractivity contribution >= 4 is 5.97 Å². The quantitative estimate of drug-likeness (QED) is 0.538. The molecule has 0 fully saturated rings. The number of benzene rings is 1. The Morgan fingerprint density at radius 1 is 1.44 bits per heavy atom. The summed E-state index contributed by atoms with van der Waals surface area (Å²) in [5.74, 6) is -0.276. The lowest BCUT2D eigenvalue weighted by atomic mass is 10.1. The second-order valence-corrected chi connectivity index (χ2v) is 3.69. The lowest BCUT2D eigenvalue weighted by Crippen LogP contribution is -2.15. The third-order valence-electron chi connectivity index (χ3n) is 2.37. The summed E-state index contributed by atoms with van der Waals surface area (Å²) in [6.45, 7) is 5.79. The van der Waals surface area contributed by atoms with E-state index < -0.39 is 0 Å².